The number of thioether (sulfide) groups is 1. The summed E-state index contributed by atoms with van der Waals surface area (Å²) in [6, 6.07) is 8.20. The Labute approximate surface area is 108 Å². The van der Waals surface area contributed by atoms with Gasteiger partial charge >= 0.3 is 0 Å². The van der Waals surface area contributed by atoms with E-state index < -0.39 is 9.84 Å². The summed E-state index contributed by atoms with van der Waals surface area (Å²) in [5.41, 5.74) is 1.23. The van der Waals surface area contributed by atoms with Crippen molar-refractivity contribution in [2.24, 2.45) is 0 Å². The Morgan fingerprint density at radius 3 is 2.41 bits per heavy atom. The van der Waals surface area contributed by atoms with Crippen LogP contribution >= 0.6 is 11.8 Å². The van der Waals surface area contributed by atoms with E-state index in [4.69, 9.17) is 0 Å². The van der Waals surface area contributed by atoms with Gasteiger partial charge in [0.15, 0.2) is 9.84 Å². The van der Waals surface area contributed by atoms with Crippen LogP contribution in [0.1, 0.15) is 12.5 Å². The maximum atomic E-state index is 11.3. The molecule has 1 N–H and O–H groups in total. The highest BCUT2D eigenvalue weighted by atomic mass is 32.2. The fraction of sp³-hybridized carbons (Fsp3) is 0.500. The summed E-state index contributed by atoms with van der Waals surface area (Å²) in [6.45, 7) is 2.54. The highest BCUT2D eigenvalue weighted by molar-refractivity contribution is 8.00. The molecule has 17 heavy (non-hydrogen) atoms. The zero-order valence-electron chi connectivity index (χ0n) is 10.3. The van der Waals surface area contributed by atoms with E-state index in [1.165, 1.54) is 5.56 Å². The second kappa shape index (κ2) is 7.03. The zero-order chi connectivity index (χ0) is 12.7. The minimum absolute atomic E-state index is 0.231. The quantitative estimate of drug-likeness (QED) is 0.771. The van der Waals surface area contributed by atoms with Crippen molar-refractivity contribution in [3.8, 4) is 0 Å². The number of sulfone groups is 1. The van der Waals surface area contributed by atoms with Crippen LogP contribution in [0.5, 0.6) is 0 Å². The number of nitrogens with one attached hydrogen (secondary N) is 1. The molecule has 0 amide bonds. The van der Waals surface area contributed by atoms with Gasteiger partial charge in [0.1, 0.15) is 0 Å². The van der Waals surface area contributed by atoms with E-state index in [-0.39, 0.29) is 11.5 Å². The van der Waals surface area contributed by atoms with Gasteiger partial charge in [0.2, 0.25) is 0 Å². The molecule has 0 heterocycles. The van der Waals surface area contributed by atoms with Crippen LogP contribution in [0.2, 0.25) is 0 Å². The van der Waals surface area contributed by atoms with Crippen molar-refractivity contribution in [3.05, 3.63) is 29.8 Å². The summed E-state index contributed by atoms with van der Waals surface area (Å²) in [5, 5.41) is 3.09. The van der Waals surface area contributed by atoms with Crippen LogP contribution in [-0.2, 0) is 16.4 Å². The van der Waals surface area contributed by atoms with Crippen molar-refractivity contribution in [2.75, 3.05) is 24.3 Å². The first kappa shape index (κ1) is 14.5. The summed E-state index contributed by atoms with van der Waals surface area (Å²) in [7, 11) is -0.922. The van der Waals surface area contributed by atoms with Crippen molar-refractivity contribution >= 4 is 21.6 Å². The molecule has 0 bridgehead atoms. The molecular weight excluding hydrogens is 254 g/mol. The van der Waals surface area contributed by atoms with E-state index in [9.17, 15) is 8.42 Å². The Balaban J connectivity index is 2.42. The smallest absolute Gasteiger partial charge is 0.150 e. The normalized spacial score (nSPS) is 11.6. The molecule has 0 saturated heterocycles. The third-order valence-electron chi connectivity index (χ3n) is 2.41. The topological polar surface area (TPSA) is 46.2 Å². The molecule has 0 aliphatic rings. The molecule has 1 aromatic carbocycles. The largest absolute Gasteiger partial charge is 0.316 e. The first-order valence-corrected chi connectivity index (χ1v) is 8.45. The molecule has 0 aromatic heterocycles. The molecule has 0 fully saturated rings. The predicted molar refractivity (Wildman–Crippen MR) is 74.3 cm³/mol. The molecule has 5 heteroatoms. The van der Waals surface area contributed by atoms with Crippen molar-refractivity contribution in [1.29, 1.82) is 0 Å². The number of rotatable bonds is 7. The van der Waals surface area contributed by atoms with E-state index in [1.807, 2.05) is 19.2 Å². The minimum Gasteiger partial charge on any atom is -0.316 e. The van der Waals surface area contributed by atoms with Crippen molar-refractivity contribution in [3.63, 3.8) is 0 Å². The number of hydrogen-bond donors (Lipinski definition) is 1. The maximum Gasteiger partial charge on any atom is 0.150 e. The lowest BCUT2D eigenvalue weighted by molar-refractivity contribution is 0.599. The first-order chi connectivity index (χ1) is 8.07. The van der Waals surface area contributed by atoms with Gasteiger partial charge in [-0.25, -0.2) is 8.42 Å². The SMILES string of the molecule is CCS(=O)(=O)CCSc1ccc(CNC)cc1. The van der Waals surface area contributed by atoms with Crippen LogP contribution in [0, 0.1) is 0 Å². The standard InChI is InChI=1S/C12H19NO2S2/c1-3-17(14,15)9-8-16-12-6-4-11(5-7-12)10-13-2/h4-7,13H,3,8-10H2,1-2H3. The molecule has 0 atom stereocenters. The maximum absolute atomic E-state index is 11.3. The van der Waals surface area contributed by atoms with Crippen LogP contribution in [-0.4, -0.2) is 32.7 Å². The fourth-order valence-electron chi connectivity index (χ4n) is 1.34. The van der Waals surface area contributed by atoms with Gasteiger partial charge in [-0.2, -0.15) is 0 Å². The van der Waals surface area contributed by atoms with Gasteiger partial charge in [-0.15, -0.1) is 11.8 Å². The van der Waals surface area contributed by atoms with Crippen molar-refractivity contribution < 1.29 is 8.42 Å². The third-order valence-corrected chi connectivity index (χ3v) is 5.39. The Hall–Kier alpha value is -0.520. The summed E-state index contributed by atoms with van der Waals surface area (Å²) in [6.07, 6.45) is 0. The van der Waals surface area contributed by atoms with Crippen LogP contribution < -0.4 is 5.32 Å². The summed E-state index contributed by atoms with van der Waals surface area (Å²) in [5.74, 6) is 1.11. The van der Waals surface area contributed by atoms with Crippen LogP contribution in [0.4, 0.5) is 0 Å². The number of benzene rings is 1. The van der Waals surface area contributed by atoms with Gasteiger partial charge in [-0.1, -0.05) is 19.1 Å². The molecule has 3 nitrogen and oxygen atoms in total. The van der Waals surface area contributed by atoms with Crippen LogP contribution in [0.3, 0.4) is 0 Å². The van der Waals surface area contributed by atoms with Gasteiger partial charge in [-0.3, -0.25) is 0 Å². The number of hydrogen-bond acceptors (Lipinski definition) is 4. The van der Waals surface area contributed by atoms with Gasteiger partial charge in [-0.05, 0) is 24.7 Å². The summed E-state index contributed by atoms with van der Waals surface area (Å²) in [4.78, 5) is 1.12. The minimum atomic E-state index is -2.84. The average Bonchev–Trinajstić information content (AvgIpc) is 2.32. The Morgan fingerprint density at radius 2 is 1.88 bits per heavy atom. The highest BCUT2D eigenvalue weighted by Crippen LogP contribution is 2.18. The molecule has 0 radical (unpaired) electrons. The van der Waals surface area contributed by atoms with E-state index in [0.29, 0.717) is 5.75 Å². The van der Waals surface area contributed by atoms with Crippen molar-refractivity contribution in [2.45, 2.75) is 18.4 Å². The Kier molecular flexibility index (Phi) is 6.02. The highest BCUT2D eigenvalue weighted by Gasteiger charge is 2.06. The molecule has 1 rings (SSSR count). The van der Waals surface area contributed by atoms with Gasteiger partial charge in [0.25, 0.3) is 0 Å². The summed E-state index contributed by atoms with van der Waals surface area (Å²) < 4.78 is 22.6. The van der Waals surface area contributed by atoms with E-state index in [2.05, 4.69) is 17.4 Å². The summed E-state index contributed by atoms with van der Waals surface area (Å²) >= 11 is 1.59. The third kappa shape index (κ3) is 5.57. The van der Waals surface area contributed by atoms with Gasteiger partial charge < -0.3 is 5.32 Å². The lowest BCUT2D eigenvalue weighted by Gasteiger charge is -2.04. The molecule has 0 saturated carbocycles. The van der Waals surface area contributed by atoms with Crippen LogP contribution in [0.15, 0.2) is 29.2 Å². The Morgan fingerprint density at radius 1 is 1.24 bits per heavy atom. The lowest BCUT2D eigenvalue weighted by Crippen LogP contribution is -2.10. The van der Waals surface area contributed by atoms with Crippen LogP contribution in [0.25, 0.3) is 0 Å². The van der Waals surface area contributed by atoms with E-state index in [0.717, 1.165) is 11.4 Å². The average molecular weight is 273 g/mol. The van der Waals surface area contributed by atoms with Gasteiger partial charge in [0, 0.05) is 22.9 Å². The van der Waals surface area contributed by atoms with E-state index in [1.54, 1.807) is 18.7 Å². The molecule has 0 spiro atoms. The van der Waals surface area contributed by atoms with E-state index >= 15 is 0 Å². The molecular formula is C12H19NO2S2. The molecule has 0 unspecified atom stereocenters. The zero-order valence-corrected chi connectivity index (χ0v) is 11.9. The molecule has 0 aliphatic carbocycles. The fourth-order valence-corrected chi connectivity index (χ4v) is 3.54. The van der Waals surface area contributed by atoms with Gasteiger partial charge in [0.05, 0.1) is 5.75 Å². The lowest BCUT2D eigenvalue weighted by atomic mass is 10.2. The second-order valence-corrected chi connectivity index (χ2v) is 7.40. The monoisotopic (exact) mass is 273 g/mol. The molecule has 0 aliphatic heterocycles. The first-order valence-electron chi connectivity index (χ1n) is 5.64. The Bertz CT molecular complexity index is 426. The molecule has 1 aromatic rings. The van der Waals surface area contributed by atoms with Crippen molar-refractivity contribution in [1.82, 2.24) is 5.32 Å². The predicted octanol–water partition coefficient (Wildman–Crippen LogP) is 1.93. The molecule has 96 valence electrons. The second-order valence-electron chi connectivity index (χ2n) is 3.76.